The molecular formula is C21H20BrNO4. The highest BCUT2D eigenvalue weighted by Crippen LogP contribution is 2.34. The molecule has 0 radical (unpaired) electrons. The summed E-state index contributed by atoms with van der Waals surface area (Å²) in [5.74, 6) is 0.489. The number of fused-ring (bicyclic) bond motifs is 1. The fourth-order valence-electron chi connectivity index (χ4n) is 2.83. The molecule has 0 aliphatic carbocycles. The van der Waals surface area contributed by atoms with E-state index < -0.39 is 0 Å². The molecule has 6 heteroatoms. The topological polar surface area (TPSA) is 68.5 Å². The molecule has 0 saturated heterocycles. The normalized spacial score (nSPS) is 11.0. The van der Waals surface area contributed by atoms with Gasteiger partial charge in [-0.05, 0) is 52.2 Å². The summed E-state index contributed by atoms with van der Waals surface area (Å²) in [5, 5.41) is 3.56. The van der Waals surface area contributed by atoms with Crippen LogP contribution in [0.5, 0.6) is 5.75 Å². The zero-order valence-corrected chi connectivity index (χ0v) is 16.9. The molecule has 27 heavy (non-hydrogen) atoms. The second-order valence-electron chi connectivity index (χ2n) is 6.63. The number of carbonyl (C=O) groups excluding carboxylic acids is 2. The van der Waals surface area contributed by atoms with Gasteiger partial charge in [-0.3, -0.25) is 9.59 Å². The van der Waals surface area contributed by atoms with Crippen molar-refractivity contribution in [2.24, 2.45) is 5.92 Å². The van der Waals surface area contributed by atoms with Gasteiger partial charge >= 0.3 is 0 Å². The first kappa shape index (κ1) is 19.2. The molecule has 0 fully saturated rings. The van der Waals surface area contributed by atoms with E-state index in [0.717, 1.165) is 0 Å². The number of methoxy groups -OCH3 is 1. The van der Waals surface area contributed by atoms with Crippen molar-refractivity contribution in [1.82, 2.24) is 0 Å². The summed E-state index contributed by atoms with van der Waals surface area (Å²) in [6.07, 6.45) is 0.362. The van der Waals surface area contributed by atoms with Crippen molar-refractivity contribution in [2.75, 3.05) is 12.4 Å². The predicted molar refractivity (Wildman–Crippen MR) is 108 cm³/mol. The summed E-state index contributed by atoms with van der Waals surface area (Å²) >= 11 is 3.39. The summed E-state index contributed by atoms with van der Waals surface area (Å²) in [7, 11) is 1.56. The largest absolute Gasteiger partial charge is 0.496 e. The standard InChI is InChI=1S/C21H20BrNO4/c1-12(2)10-18(24)23-19-14-6-4-5-7-16(14)27-21(19)20(25)13-8-9-17(26-3)15(22)11-13/h4-9,11-12H,10H2,1-3H3,(H,23,24). The summed E-state index contributed by atoms with van der Waals surface area (Å²) in [6.45, 7) is 3.93. The Labute approximate surface area is 165 Å². The summed E-state index contributed by atoms with van der Waals surface area (Å²) in [5.41, 5.74) is 1.39. The Hall–Kier alpha value is -2.60. The fourth-order valence-corrected chi connectivity index (χ4v) is 3.37. The third kappa shape index (κ3) is 4.06. The third-order valence-corrected chi connectivity index (χ3v) is 4.69. The van der Waals surface area contributed by atoms with Gasteiger partial charge in [0.1, 0.15) is 11.3 Å². The minimum Gasteiger partial charge on any atom is -0.496 e. The number of halogens is 1. The third-order valence-electron chi connectivity index (χ3n) is 4.07. The monoisotopic (exact) mass is 429 g/mol. The number of benzene rings is 2. The first-order valence-electron chi connectivity index (χ1n) is 8.60. The van der Waals surface area contributed by atoms with Gasteiger partial charge in [0.25, 0.3) is 0 Å². The van der Waals surface area contributed by atoms with Crippen LogP contribution in [0.3, 0.4) is 0 Å². The lowest BCUT2D eigenvalue weighted by molar-refractivity contribution is -0.116. The van der Waals surface area contributed by atoms with Crippen LogP contribution in [0.15, 0.2) is 51.4 Å². The number of furan rings is 1. The number of para-hydroxylation sites is 1. The summed E-state index contributed by atoms with van der Waals surface area (Å²) in [6, 6.07) is 12.3. The molecule has 3 rings (SSSR count). The lowest BCUT2D eigenvalue weighted by Gasteiger charge is -2.08. The molecule has 1 heterocycles. The smallest absolute Gasteiger partial charge is 0.230 e. The van der Waals surface area contributed by atoms with Gasteiger partial charge in [0.15, 0.2) is 5.76 Å². The second-order valence-corrected chi connectivity index (χ2v) is 7.48. The highest BCUT2D eigenvalue weighted by atomic mass is 79.9. The van der Waals surface area contributed by atoms with Crippen LogP contribution < -0.4 is 10.1 Å². The molecule has 5 nitrogen and oxygen atoms in total. The van der Waals surface area contributed by atoms with Crippen LogP contribution in [0.1, 0.15) is 36.4 Å². The van der Waals surface area contributed by atoms with E-state index in [-0.39, 0.29) is 23.4 Å². The fraction of sp³-hybridized carbons (Fsp3) is 0.238. The zero-order chi connectivity index (χ0) is 19.6. The molecule has 3 aromatic rings. The van der Waals surface area contributed by atoms with Gasteiger partial charge in [0.2, 0.25) is 11.7 Å². The summed E-state index contributed by atoms with van der Waals surface area (Å²) in [4.78, 5) is 25.4. The van der Waals surface area contributed by atoms with E-state index >= 15 is 0 Å². The van der Waals surface area contributed by atoms with E-state index in [9.17, 15) is 9.59 Å². The Bertz CT molecular complexity index is 1010. The molecule has 1 N–H and O–H groups in total. The Morgan fingerprint density at radius 3 is 2.59 bits per heavy atom. The molecule has 1 amide bonds. The molecule has 0 atom stereocenters. The Morgan fingerprint density at radius 2 is 1.93 bits per heavy atom. The van der Waals surface area contributed by atoms with E-state index in [4.69, 9.17) is 9.15 Å². The van der Waals surface area contributed by atoms with Gasteiger partial charge in [0.05, 0.1) is 17.3 Å². The minimum atomic E-state index is -0.311. The molecular weight excluding hydrogens is 410 g/mol. The molecule has 0 saturated carbocycles. The van der Waals surface area contributed by atoms with Gasteiger partial charge in [0, 0.05) is 17.4 Å². The van der Waals surface area contributed by atoms with Crippen molar-refractivity contribution in [1.29, 1.82) is 0 Å². The number of ether oxygens (including phenoxy) is 1. The van der Waals surface area contributed by atoms with Crippen molar-refractivity contribution in [3.63, 3.8) is 0 Å². The van der Waals surface area contributed by atoms with Gasteiger partial charge in [-0.15, -0.1) is 0 Å². The zero-order valence-electron chi connectivity index (χ0n) is 15.3. The van der Waals surface area contributed by atoms with Gasteiger partial charge in [-0.25, -0.2) is 0 Å². The second kappa shape index (κ2) is 7.96. The molecule has 0 spiro atoms. The maximum Gasteiger partial charge on any atom is 0.230 e. The first-order chi connectivity index (χ1) is 12.9. The molecule has 0 aliphatic rings. The van der Waals surface area contributed by atoms with Crippen molar-refractivity contribution < 1.29 is 18.7 Å². The van der Waals surface area contributed by atoms with Gasteiger partial charge in [-0.1, -0.05) is 26.0 Å². The van der Waals surface area contributed by atoms with Crippen molar-refractivity contribution in [2.45, 2.75) is 20.3 Å². The lowest BCUT2D eigenvalue weighted by atomic mass is 10.1. The van der Waals surface area contributed by atoms with E-state index in [0.29, 0.717) is 38.9 Å². The molecule has 0 unspecified atom stereocenters. The molecule has 0 bridgehead atoms. The molecule has 2 aromatic carbocycles. The number of nitrogens with one attached hydrogen (secondary N) is 1. The average molecular weight is 430 g/mol. The summed E-state index contributed by atoms with van der Waals surface area (Å²) < 4.78 is 11.7. The van der Waals surface area contributed by atoms with Crippen LogP contribution in [-0.4, -0.2) is 18.8 Å². The number of anilines is 1. The van der Waals surface area contributed by atoms with Crippen molar-refractivity contribution in [3.8, 4) is 5.75 Å². The quantitative estimate of drug-likeness (QED) is 0.531. The first-order valence-corrected chi connectivity index (χ1v) is 9.39. The van der Waals surface area contributed by atoms with Crippen LogP contribution in [0.25, 0.3) is 11.0 Å². The van der Waals surface area contributed by atoms with Crippen LogP contribution in [0.4, 0.5) is 5.69 Å². The van der Waals surface area contributed by atoms with Crippen molar-refractivity contribution in [3.05, 3.63) is 58.3 Å². The number of ketones is 1. The number of hydrogen-bond acceptors (Lipinski definition) is 4. The minimum absolute atomic E-state index is 0.116. The number of rotatable bonds is 6. The van der Waals surface area contributed by atoms with E-state index in [2.05, 4.69) is 21.2 Å². The maximum absolute atomic E-state index is 13.1. The number of carbonyl (C=O) groups is 2. The van der Waals surface area contributed by atoms with Crippen LogP contribution >= 0.6 is 15.9 Å². The maximum atomic E-state index is 13.1. The van der Waals surface area contributed by atoms with Gasteiger partial charge < -0.3 is 14.5 Å². The van der Waals surface area contributed by atoms with Crippen LogP contribution in [0.2, 0.25) is 0 Å². The highest BCUT2D eigenvalue weighted by molar-refractivity contribution is 9.10. The Kier molecular flexibility index (Phi) is 5.65. The lowest BCUT2D eigenvalue weighted by Crippen LogP contribution is -2.15. The SMILES string of the molecule is COc1ccc(C(=O)c2oc3ccccc3c2NC(=O)CC(C)C)cc1Br. The van der Waals surface area contributed by atoms with Crippen LogP contribution in [0, 0.1) is 5.92 Å². The van der Waals surface area contributed by atoms with Crippen LogP contribution in [-0.2, 0) is 4.79 Å². The molecule has 1 aromatic heterocycles. The number of hydrogen-bond donors (Lipinski definition) is 1. The van der Waals surface area contributed by atoms with Crippen molar-refractivity contribution >= 4 is 44.3 Å². The Morgan fingerprint density at radius 1 is 1.19 bits per heavy atom. The Balaban J connectivity index is 2.05. The predicted octanol–water partition coefficient (Wildman–Crippen LogP) is 5.42. The van der Waals surface area contributed by atoms with Gasteiger partial charge in [-0.2, -0.15) is 0 Å². The molecule has 0 aliphatic heterocycles. The van der Waals surface area contributed by atoms with E-state index in [1.165, 1.54) is 0 Å². The average Bonchev–Trinajstić information content (AvgIpc) is 2.99. The highest BCUT2D eigenvalue weighted by Gasteiger charge is 2.24. The van der Waals surface area contributed by atoms with E-state index in [1.54, 1.807) is 31.4 Å². The van der Waals surface area contributed by atoms with E-state index in [1.807, 2.05) is 32.0 Å². The molecule has 140 valence electrons. The number of amides is 1.